The molecule has 1 aromatic carbocycles. The van der Waals surface area contributed by atoms with Crippen molar-refractivity contribution in [2.45, 2.75) is 25.9 Å². The summed E-state index contributed by atoms with van der Waals surface area (Å²) >= 11 is 1.50. The summed E-state index contributed by atoms with van der Waals surface area (Å²) in [5.41, 5.74) is 0.0430. The van der Waals surface area contributed by atoms with E-state index in [4.69, 9.17) is 0 Å². The number of hydrogen-bond donors (Lipinski definition) is 1. The first kappa shape index (κ1) is 16.9. The van der Waals surface area contributed by atoms with Crippen molar-refractivity contribution in [3.63, 3.8) is 0 Å². The lowest BCUT2D eigenvalue weighted by atomic mass is 9.95. The van der Waals surface area contributed by atoms with E-state index in [1.165, 1.54) is 23.9 Å². The van der Waals surface area contributed by atoms with Crippen LogP contribution in [0.4, 0.5) is 13.2 Å². The van der Waals surface area contributed by atoms with Gasteiger partial charge in [-0.1, -0.05) is 30.8 Å². The van der Waals surface area contributed by atoms with Crippen LogP contribution in [-0.4, -0.2) is 23.4 Å². The van der Waals surface area contributed by atoms with Crippen molar-refractivity contribution in [1.82, 2.24) is 5.32 Å². The molecule has 0 saturated carbocycles. The van der Waals surface area contributed by atoms with Gasteiger partial charge in [-0.2, -0.15) is 13.2 Å². The Kier molecular flexibility index (Phi) is 5.50. The van der Waals surface area contributed by atoms with E-state index in [1.807, 2.05) is 6.92 Å². The summed E-state index contributed by atoms with van der Waals surface area (Å²) in [6.07, 6.45) is -3.30. The normalized spacial score (nSPS) is 16.3. The monoisotopic (exact) mass is 330 g/mol. The van der Waals surface area contributed by atoms with Gasteiger partial charge in [0, 0.05) is 11.7 Å². The van der Waals surface area contributed by atoms with E-state index in [1.54, 1.807) is 0 Å². The smallest absolute Gasteiger partial charge is 0.305 e. The summed E-state index contributed by atoms with van der Waals surface area (Å²) in [4.78, 5) is 16.3. The molecule has 1 heterocycles. The average molecular weight is 330 g/mol. The zero-order valence-electron chi connectivity index (χ0n) is 12.1. The maximum Gasteiger partial charge on any atom is 0.416 e. The summed E-state index contributed by atoms with van der Waals surface area (Å²) in [6, 6.07) is 4.97. The molecule has 1 unspecified atom stereocenters. The lowest BCUT2D eigenvalue weighted by Crippen LogP contribution is -2.34. The largest absolute Gasteiger partial charge is 0.416 e. The number of carbonyl (C=O) groups excluding carboxylic acids is 1. The summed E-state index contributed by atoms with van der Waals surface area (Å²) < 4.78 is 37.6. The van der Waals surface area contributed by atoms with Gasteiger partial charge in [0.05, 0.1) is 12.1 Å². The Hall–Kier alpha value is -1.50. The van der Waals surface area contributed by atoms with Crippen LogP contribution < -0.4 is 5.32 Å². The van der Waals surface area contributed by atoms with Crippen molar-refractivity contribution < 1.29 is 18.0 Å². The molecule has 1 amide bonds. The van der Waals surface area contributed by atoms with Crippen molar-refractivity contribution in [3.05, 3.63) is 35.4 Å². The van der Waals surface area contributed by atoms with E-state index >= 15 is 0 Å². The number of carbonyl (C=O) groups is 1. The zero-order chi connectivity index (χ0) is 16.2. The van der Waals surface area contributed by atoms with Gasteiger partial charge in [0.2, 0.25) is 5.91 Å². The molecule has 22 heavy (non-hydrogen) atoms. The van der Waals surface area contributed by atoms with Gasteiger partial charge >= 0.3 is 6.18 Å². The fourth-order valence-electron chi connectivity index (χ4n) is 2.15. The van der Waals surface area contributed by atoms with E-state index in [-0.39, 0.29) is 11.8 Å². The molecule has 0 saturated heterocycles. The molecular weight excluding hydrogens is 313 g/mol. The van der Waals surface area contributed by atoms with Gasteiger partial charge in [-0.05, 0) is 30.5 Å². The van der Waals surface area contributed by atoms with Crippen molar-refractivity contribution in [3.8, 4) is 0 Å². The van der Waals surface area contributed by atoms with Crippen LogP contribution in [0.3, 0.4) is 0 Å². The molecule has 1 aliphatic rings. The van der Waals surface area contributed by atoms with Crippen molar-refractivity contribution >= 4 is 22.8 Å². The quantitative estimate of drug-likeness (QED) is 0.918. The molecule has 0 spiro atoms. The Balaban J connectivity index is 1.98. The van der Waals surface area contributed by atoms with Crippen molar-refractivity contribution in [1.29, 1.82) is 0 Å². The van der Waals surface area contributed by atoms with Gasteiger partial charge in [-0.15, -0.1) is 0 Å². The van der Waals surface area contributed by atoms with Crippen LogP contribution in [0.25, 0.3) is 0 Å². The Bertz CT molecular complexity index is 555. The van der Waals surface area contributed by atoms with E-state index in [0.29, 0.717) is 24.6 Å². The minimum absolute atomic E-state index is 0.129. The molecule has 3 nitrogen and oxygen atoms in total. The molecule has 1 N–H and O–H groups in total. The lowest BCUT2D eigenvalue weighted by Gasteiger charge is -2.15. The van der Waals surface area contributed by atoms with E-state index in [9.17, 15) is 18.0 Å². The van der Waals surface area contributed by atoms with Crippen molar-refractivity contribution in [2.24, 2.45) is 10.9 Å². The second kappa shape index (κ2) is 7.17. The molecular formula is C15H17F3N2OS. The number of aliphatic imine (C=N–C) groups is 1. The zero-order valence-corrected chi connectivity index (χ0v) is 12.9. The van der Waals surface area contributed by atoms with Gasteiger partial charge < -0.3 is 5.32 Å². The maximum atomic E-state index is 12.5. The Morgan fingerprint density at radius 2 is 2.05 bits per heavy atom. The van der Waals surface area contributed by atoms with Crippen LogP contribution in [0, 0.1) is 5.92 Å². The van der Waals surface area contributed by atoms with Crippen molar-refractivity contribution in [2.75, 3.05) is 12.3 Å². The third kappa shape index (κ3) is 4.50. The fraction of sp³-hybridized carbons (Fsp3) is 0.467. The number of nitrogens with one attached hydrogen (secondary N) is 1. The molecule has 2 rings (SSSR count). The SMILES string of the molecule is CCC(Cc1ccc(C(F)(F)F)cc1)C(=O)NC1=NCCS1. The van der Waals surface area contributed by atoms with E-state index < -0.39 is 11.7 Å². The Labute approximate surface area is 131 Å². The van der Waals surface area contributed by atoms with Crippen LogP contribution in [-0.2, 0) is 17.4 Å². The Morgan fingerprint density at radius 3 is 2.55 bits per heavy atom. The minimum atomic E-state index is -4.34. The Morgan fingerprint density at radius 1 is 1.36 bits per heavy atom. The third-order valence-electron chi connectivity index (χ3n) is 3.44. The van der Waals surface area contributed by atoms with Gasteiger partial charge in [0.15, 0.2) is 5.17 Å². The fourth-order valence-corrected chi connectivity index (χ4v) is 2.89. The summed E-state index contributed by atoms with van der Waals surface area (Å²) in [6.45, 7) is 2.59. The summed E-state index contributed by atoms with van der Waals surface area (Å²) in [5.74, 6) is 0.460. The molecule has 0 fully saturated rings. The highest BCUT2D eigenvalue weighted by Gasteiger charge is 2.30. The lowest BCUT2D eigenvalue weighted by molar-refractivity contribution is -0.137. The van der Waals surface area contributed by atoms with Crippen LogP contribution in [0.1, 0.15) is 24.5 Å². The number of rotatable bonds is 4. The summed E-state index contributed by atoms with van der Waals surface area (Å²) in [5, 5.41) is 3.41. The van der Waals surface area contributed by atoms with E-state index in [0.717, 1.165) is 23.4 Å². The second-order valence-corrected chi connectivity index (χ2v) is 6.11. The van der Waals surface area contributed by atoms with Crippen LogP contribution >= 0.6 is 11.8 Å². The predicted octanol–water partition coefficient (Wildman–Crippen LogP) is 3.49. The highest BCUT2D eigenvalue weighted by atomic mass is 32.2. The molecule has 1 aliphatic heterocycles. The topological polar surface area (TPSA) is 41.5 Å². The molecule has 1 atom stereocenters. The molecule has 7 heteroatoms. The highest BCUT2D eigenvalue weighted by Crippen LogP contribution is 2.29. The summed E-state index contributed by atoms with van der Waals surface area (Å²) in [7, 11) is 0. The molecule has 0 radical (unpaired) electrons. The van der Waals surface area contributed by atoms with Crippen LogP contribution in [0.2, 0.25) is 0 Å². The number of halogens is 3. The van der Waals surface area contributed by atoms with E-state index in [2.05, 4.69) is 10.3 Å². The molecule has 0 bridgehead atoms. The molecule has 0 aromatic heterocycles. The van der Waals surface area contributed by atoms with Gasteiger partial charge in [0.1, 0.15) is 0 Å². The van der Waals surface area contributed by atoms with Gasteiger partial charge in [0.25, 0.3) is 0 Å². The van der Waals surface area contributed by atoms with Crippen LogP contribution in [0.15, 0.2) is 29.3 Å². The molecule has 120 valence electrons. The van der Waals surface area contributed by atoms with Gasteiger partial charge in [-0.3, -0.25) is 9.79 Å². The number of hydrogen-bond acceptors (Lipinski definition) is 3. The molecule has 1 aromatic rings. The minimum Gasteiger partial charge on any atom is -0.305 e. The first-order valence-electron chi connectivity index (χ1n) is 7.04. The number of thioether (sulfide) groups is 1. The third-order valence-corrected chi connectivity index (χ3v) is 4.33. The standard InChI is InChI=1S/C15H17F3N2OS/c1-2-11(13(21)20-14-19-7-8-22-14)9-10-3-5-12(6-4-10)15(16,17)18/h3-6,11H,2,7-9H2,1H3,(H,19,20,21). The van der Waals surface area contributed by atoms with Crippen LogP contribution in [0.5, 0.6) is 0 Å². The number of amides is 1. The second-order valence-electron chi connectivity index (χ2n) is 5.03. The average Bonchev–Trinajstić information content (AvgIpc) is 2.97. The number of benzene rings is 1. The maximum absolute atomic E-state index is 12.5. The first-order chi connectivity index (χ1) is 10.4. The molecule has 0 aliphatic carbocycles. The predicted molar refractivity (Wildman–Crippen MR) is 81.8 cm³/mol. The number of alkyl halides is 3. The first-order valence-corrected chi connectivity index (χ1v) is 8.03. The number of nitrogens with zero attached hydrogens (tertiary/aromatic N) is 1. The number of amidine groups is 1. The van der Waals surface area contributed by atoms with Gasteiger partial charge in [-0.25, -0.2) is 0 Å². The highest BCUT2D eigenvalue weighted by molar-refractivity contribution is 8.14.